The van der Waals surface area contributed by atoms with Crippen molar-refractivity contribution in [3.63, 3.8) is 0 Å². The smallest absolute Gasteiger partial charge is 0.191 e. The standard InChI is InChI=1S/C18H28N6O3.HI/c1-25-11-9-20-18(19-8-7-15-4-3-10-27-15)21-14-5-6-17-22-16(13-26-2)23-24(17)12-14;/h3-4,10,14H,5-9,11-13H2,1-2H3,(H2,19,20,21);1H. The van der Waals surface area contributed by atoms with Gasteiger partial charge in [-0.3, -0.25) is 4.99 Å². The zero-order valence-electron chi connectivity index (χ0n) is 16.4. The number of fused-ring (bicyclic) bond motifs is 1. The van der Waals surface area contributed by atoms with E-state index in [1.54, 1.807) is 20.5 Å². The second-order valence-corrected chi connectivity index (χ2v) is 6.42. The number of aliphatic imine (C=N–C) groups is 1. The maximum absolute atomic E-state index is 5.38. The number of ether oxygens (including phenoxy) is 2. The lowest BCUT2D eigenvalue weighted by molar-refractivity contribution is 0.177. The van der Waals surface area contributed by atoms with Gasteiger partial charge in [0.2, 0.25) is 0 Å². The minimum atomic E-state index is 0. The van der Waals surface area contributed by atoms with Crippen LogP contribution in [0.25, 0.3) is 0 Å². The van der Waals surface area contributed by atoms with Gasteiger partial charge in [0.1, 0.15) is 18.2 Å². The van der Waals surface area contributed by atoms with Gasteiger partial charge in [-0.05, 0) is 18.6 Å². The summed E-state index contributed by atoms with van der Waals surface area (Å²) in [6.07, 6.45) is 4.35. The number of aromatic nitrogens is 3. The van der Waals surface area contributed by atoms with E-state index in [4.69, 9.17) is 13.9 Å². The van der Waals surface area contributed by atoms with E-state index >= 15 is 0 Å². The fourth-order valence-electron chi connectivity index (χ4n) is 3.02. The van der Waals surface area contributed by atoms with Gasteiger partial charge in [0, 0.05) is 39.6 Å². The normalized spacial score (nSPS) is 16.4. The molecule has 1 atom stereocenters. The van der Waals surface area contributed by atoms with E-state index in [2.05, 4.69) is 25.7 Å². The number of methoxy groups -OCH3 is 2. The Bertz CT molecular complexity index is 719. The first kappa shape index (κ1) is 22.6. The Morgan fingerprint density at radius 2 is 2.29 bits per heavy atom. The second kappa shape index (κ2) is 12.0. The fourth-order valence-corrected chi connectivity index (χ4v) is 3.02. The summed E-state index contributed by atoms with van der Waals surface area (Å²) in [6.45, 7) is 3.13. The summed E-state index contributed by atoms with van der Waals surface area (Å²) in [6, 6.07) is 4.12. The van der Waals surface area contributed by atoms with Crippen molar-refractivity contribution in [2.24, 2.45) is 4.99 Å². The third-order valence-electron chi connectivity index (χ3n) is 4.33. The largest absolute Gasteiger partial charge is 0.469 e. The van der Waals surface area contributed by atoms with E-state index in [1.807, 2.05) is 16.8 Å². The van der Waals surface area contributed by atoms with Gasteiger partial charge in [-0.1, -0.05) is 0 Å². The van der Waals surface area contributed by atoms with Crippen molar-refractivity contribution < 1.29 is 13.9 Å². The van der Waals surface area contributed by atoms with E-state index in [9.17, 15) is 0 Å². The predicted molar refractivity (Wildman–Crippen MR) is 116 cm³/mol. The Morgan fingerprint density at radius 3 is 3.04 bits per heavy atom. The molecule has 2 N–H and O–H groups in total. The first-order valence-corrected chi connectivity index (χ1v) is 9.26. The van der Waals surface area contributed by atoms with E-state index in [1.165, 1.54) is 0 Å². The van der Waals surface area contributed by atoms with E-state index in [0.29, 0.717) is 19.8 Å². The average molecular weight is 504 g/mol. The highest BCUT2D eigenvalue weighted by atomic mass is 127. The Labute approximate surface area is 182 Å². The van der Waals surface area contributed by atoms with Crippen LogP contribution in [0.5, 0.6) is 0 Å². The van der Waals surface area contributed by atoms with Gasteiger partial charge in [-0.15, -0.1) is 24.0 Å². The molecular formula is C18H29IN6O3. The van der Waals surface area contributed by atoms with Gasteiger partial charge < -0.3 is 24.5 Å². The molecule has 3 rings (SSSR count). The number of nitrogens with zero attached hydrogens (tertiary/aromatic N) is 4. The lowest BCUT2D eigenvalue weighted by Crippen LogP contribution is -2.47. The first-order valence-electron chi connectivity index (χ1n) is 9.26. The summed E-state index contributed by atoms with van der Waals surface area (Å²) in [5, 5.41) is 11.4. The van der Waals surface area contributed by atoms with Crippen LogP contribution in [-0.2, 0) is 35.5 Å². The summed E-state index contributed by atoms with van der Waals surface area (Å²) >= 11 is 0. The second-order valence-electron chi connectivity index (χ2n) is 6.42. The van der Waals surface area contributed by atoms with Crippen LogP contribution in [0.3, 0.4) is 0 Å². The van der Waals surface area contributed by atoms with Crippen molar-refractivity contribution in [3.05, 3.63) is 35.8 Å². The maximum atomic E-state index is 5.38. The highest BCUT2D eigenvalue weighted by Crippen LogP contribution is 2.13. The van der Waals surface area contributed by atoms with Crippen LogP contribution in [0.15, 0.2) is 27.8 Å². The molecule has 0 saturated carbocycles. The molecule has 1 aliphatic rings. The van der Waals surface area contributed by atoms with E-state index < -0.39 is 0 Å². The Kier molecular flexibility index (Phi) is 9.71. The molecule has 1 unspecified atom stereocenters. The number of halogens is 1. The number of nitrogens with one attached hydrogen (secondary N) is 2. The zero-order chi connectivity index (χ0) is 18.9. The third-order valence-corrected chi connectivity index (χ3v) is 4.33. The lowest BCUT2D eigenvalue weighted by Gasteiger charge is -2.25. The molecule has 0 aromatic carbocycles. The van der Waals surface area contributed by atoms with Gasteiger partial charge in [0.05, 0.1) is 26.0 Å². The van der Waals surface area contributed by atoms with Crippen molar-refractivity contribution in [1.82, 2.24) is 25.4 Å². The minimum absolute atomic E-state index is 0. The molecule has 3 heterocycles. The Morgan fingerprint density at radius 1 is 1.39 bits per heavy atom. The summed E-state index contributed by atoms with van der Waals surface area (Å²) < 4.78 is 17.6. The van der Waals surface area contributed by atoms with Crippen LogP contribution >= 0.6 is 24.0 Å². The molecule has 0 aliphatic carbocycles. The zero-order valence-corrected chi connectivity index (χ0v) is 18.7. The number of hydrogen-bond acceptors (Lipinski definition) is 6. The van der Waals surface area contributed by atoms with Crippen LogP contribution in [0, 0.1) is 0 Å². The monoisotopic (exact) mass is 504 g/mol. The lowest BCUT2D eigenvalue weighted by atomic mass is 10.1. The SMILES string of the molecule is COCCN=C(NCCc1ccco1)NC1CCc2nc(COC)nn2C1.I. The summed E-state index contributed by atoms with van der Waals surface area (Å²) in [4.78, 5) is 9.11. The molecular weight excluding hydrogens is 475 g/mol. The van der Waals surface area contributed by atoms with Crippen molar-refractivity contribution >= 4 is 29.9 Å². The van der Waals surface area contributed by atoms with E-state index in [-0.39, 0.29) is 30.0 Å². The number of hydrogen-bond donors (Lipinski definition) is 2. The minimum Gasteiger partial charge on any atom is -0.469 e. The highest BCUT2D eigenvalue weighted by Gasteiger charge is 2.22. The quantitative estimate of drug-likeness (QED) is 0.231. The molecule has 10 heteroatoms. The van der Waals surface area contributed by atoms with Gasteiger partial charge in [0.15, 0.2) is 11.8 Å². The molecule has 2 aromatic rings. The maximum Gasteiger partial charge on any atom is 0.191 e. The van der Waals surface area contributed by atoms with Crippen LogP contribution in [0.4, 0.5) is 0 Å². The summed E-state index contributed by atoms with van der Waals surface area (Å²) in [5.74, 6) is 3.49. The molecule has 9 nitrogen and oxygen atoms in total. The third kappa shape index (κ3) is 6.74. The molecule has 0 fully saturated rings. The van der Waals surface area contributed by atoms with Crippen molar-refractivity contribution in [2.75, 3.05) is 33.9 Å². The fraction of sp³-hybridized carbons (Fsp3) is 0.611. The van der Waals surface area contributed by atoms with Gasteiger partial charge in [-0.25, -0.2) is 9.67 Å². The molecule has 2 aromatic heterocycles. The van der Waals surface area contributed by atoms with Crippen LogP contribution in [0.2, 0.25) is 0 Å². The molecule has 156 valence electrons. The van der Waals surface area contributed by atoms with Crippen molar-refractivity contribution in [1.29, 1.82) is 0 Å². The van der Waals surface area contributed by atoms with Crippen LogP contribution in [0.1, 0.15) is 23.8 Å². The highest BCUT2D eigenvalue weighted by molar-refractivity contribution is 14.0. The van der Waals surface area contributed by atoms with Gasteiger partial charge in [-0.2, -0.15) is 5.10 Å². The average Bonchev–Trinajstić information content (AvgIpc) is 3.31. The molecule has 0 spiro atoms. The van der Waals surface area contributed by atoms with Crippen LogP contribution < -0.4 is 10.6 Å². The van der Waals surface area contributed by atoms with Crippen molar-refractivity contribution in [2.45, 2.75) is 38.5 Å². The molecule has 0 radical (unpaired) electrons. The van der Waals surface area contributed by atoms with Gasteiger partial charge >= 0.3 is 0 Å². The number of guanidine groups is 1. The van der Waals surface area contributed by atoms with Gasteiger partial charge in [0.25, 0.3) is 0 Å². The van der Waals surface area contributed by atoms with Crippen LogP contribution in [-0.4, -0.2) is 60.7 Å². The molecule has 0 amide bonds. The molecule has 28 heavy (non-hydrogen) atoms. The predicted octanol–water partition coefficient (Wildman–Crippen LogP) is 1.37. The first-order chi connectivity index (χ1) is 13.3. The number of rotatable bonds is 9. The Balaban J connectivity index is 0.00000280. The number of furan rings is 1. The number of aryl methyl sites for hydroxylation is 1. The van der Waals surface area contributed by atoms with E-state index in [0.717, 1.165) is 55.7 Å². The summed E-state index contributed by atoms with van der Waals surface area (Å²) in [7, 11) is 3.33. The molecule has 1 aliphatic heterocycles. The molecule has 0 bridgehead atoms. The summed E-state index contributed by atoms with van der Waals surface area (Å²) in [5.41, 5.74) is 0. The molecule has 0 saturated heterocycles. The van der Waals surface area contributed by atoms with Crippen molar-refractivity contribution in [3.8, 4) is 0 Å². The Hall–Kier alpha value is -1.66. The topological polar surface area (TPSA) is 98.7 Å².